The maximum Gasteiger partial charge on any atom is 0.257 e. The zero-order valence-electron chi connectivity index (χ0n) is 20.5. The first-order valence-electron chi connectivity index (χ1n) is 11.7. The van der Waals surface area contributed by atoms with Crippen molar-refractivity contribution in [1.82, 2.24) is 24.9 Å². The van der Waals surface area contributed by atoms with Gasteiger partial charge in [-0.05, 0) is 49.4 Å². The first-order valence-corrected chi connectivity index (χ1v) is 11.7. The highest BCUT2D eigenvalue weighted by atomic mass is 19.1. The number of aryl methyl sites for hydroxylation is 1. The maximum atomic E-state index is 15.2. The summed E-state index contributed by atoms with van der Waals surface area (Å²) in [7, 11) is 3.30. The number of carbonyl (C=O) groups excluding carboxylic acids is 2. The Kier molecular flexibility index (Phi) is 6.20. The minimum absolute atomic E-state index is 0.107. The molecule has 188 valence electrons. The van der Waals surface area contributed by atoms with Crippen molar-refractivity contribution in [3.63, 3.8) is 0 Å². The monoisotopic (exact) mass is 501 g/mol. The molecule has 2 aliphatic rings. The summed E-state index contributed by atoms with van der Waals surface area (Å²) in [5, 5.41) is 7.48. The molecule has 3 aromatic rings. The summed E-state index contributed by atoms with van der Waals surface area (Å²) in [4.78, 5) is 29.0. The second-order valence-corrected chi connectivity index (χ2v) is 9.05. The van der Waals surface area contributed by atoms with E-state index in [1.807, 2.05) is 42.7 Å². The summed E-state index contributed by atoms with van der Waals surface area (Å²) in [5.74, 6) is -2.14. The van der Waals surface area contributed by atoms with E-state index in [0.29, 0.717) is 5.56 Å². The molecule has 1 amide bonds. The summed E-state index contributed by atoms with van der Waals surface area (Å²) >= 11 is 0. The van der Waals surface area contributed by atoms with Crippen molar-refractivity contribution in [2.75, 3.05) is 7.05 Å². The fraction of sp³-hybridized carbons (Fsp3) is 0.179. The van der Waals surface area contributed by atoms with Crippen molar-refractivity contribution >= 4 is 23.0 Å². The first kappa shape index (κ1) is 24.2. The highest BCUT2D eigenvalue weighted by molar-refractivity contribution is 6.04. The molecule has 0 radical (unpaired) electrons. The highest BCUT2D eigenvalue weighted by Gasteiger charge is 2.29. The van der Waals surface area contributed by atoms with E-state index in [1.165, 1.54) is 48.3 Å². The lowest BCUT2D eigenvalue weighted by molar-refractivity contribution is 0.0671. The quantitative estimate of drug-likeness (QED) is 0.513. The van der Waals surface area contributed by atoms with Gasteiger partial charge in [0.1, 0.15) is 17.8 Å². The standard InChI is InChI=1S/C28H25F2N5O2/c1-17(27(36)18-4-8-22(29)9-5-18)34(3)28(37)23-10-6-19(12-24(23)30)25-14-31-26-11-7-20(16-35(25)26)21-13-32-33(2)15-21/h4-17,26,31H,1-3H3/t17-,26?/m0/s1. The molecule has 0 aliphatic carbocycles. The fourth-order valence-corrected chi connectivity index (χ4v) is 4.37. The molecule has 2 atom stereocenters. The SMILES string of the molecule is C[C@@H](C(=O)c1ccc(F)cc1)N(C)C(=O)c1ccc(C2=CNC3C=CC(c4cnn(C)c4)=CN23)cc1F. The van der Waals surface area contributed by atoms with E-state index in [2.05, 4.69) is 10.4 Å². The number of aromatic nitrogens is 2. The van der Waals surface area contributed by atoms with Crippen LogP contribution in [0.4, 0.5) is 8.78 Å². The lowest BCUT2D eigenvalue weighted by atomic mass is 10.0. The predicted octanol–water partition coefficient (Wildman–Crippen LogP) is 4.18. The molecule has 0 bridgehead atoms. The molecular formula is C28H25F2N5O2. The van der Waals surface area contributed by atoms with E-state index in [9.17, 15) is 14.0 Å². The van der Waals surface area contributed by atoms with Crippen LogP contribution in [-0.2, 0) is 7.05 Å². The Morgan fingerprint density at radius 3 is 2.54 bits per heavy atom. The van der Waals surface area contributed by atoms with Crippen LogP contribution < -0.4 is 5.32 Å². The number of halogens is 2. The molecular weight excluding hydrogens is 476 g/mol. The van der Waals surface area contributed by atoms with Gasteiger partial charge in [0.05, 0.1) is 23.5 Å². The summed E-state index contributed by atoms with van der Waals surface area (Å²) in [5.41, 5.74) is 3.41. The van der Waals surface area contributed by atoms with Gasteiger partial charge in [-0.25, -0.2) is 8.78 Å². The molecule has 0 spiro atoms. The zero-order chi connectivity index (χ0) is 26.3. The maximum absolute atomic E-state index is 15.2. The molecule has 1 N–H and O–H groups in total. The predicted molar refractivity (Wildman–Crippen MR) is 136 cm³/mol. The number of carbonyl (C=O) groups is 2. The molecule has 2 aliphatic heterocycles. The van der Waals surface area contributed by atoms with E-state index in [4.69, 9.17) is 0 Å². The van der Waals surface area contributed by atoms with Gasteiger partial charge in [-0.15, -0.1) is 0 Å². The number of amides is 1. The number of nitrogens with one attached hydrogen (secondary N) is 1. The van der Waals surface area contributed by atoms with Gasteiger partial charge < -0.3 is 15.1 Å². The van der Waals surface area contributed by atoms with Gasteiger partial charge in [0, 0.05) is 55.0 Å². The largest absolute Gasteiger partial charge is 0.366 e. The van der Waals surface area contributed by atoms with E-state index >= 15 is 4.39 Å². The van der Waals surface area contributed by atoms with Crippen LogP contribution in [0.25, 0.3) is 11.3 Å². The number of rotatable bonds is 6. The average Bonchev–Trinajstić information content (AvgIpc) is 3.53. The number of fused-ring (bicyclic) bond motifs is 1. The van der Waals surface area contributed by atoms with Gasteiger partial charge in [-0.2, -0.15) is 5.10 Å². The molecule has 1 unspecified atom stereocenters. The first-order chi connectivity index (χ1) is 17.7. The summed E-state index contributed by atoms with van der Waals surface area (Å²) in [6.45, 7) is 1.56. The second-order valence-electron chi connectivity index (χ2n) is 9.05. The Morgan fingerprint density at radius 2 is 1.86 bits per heavy atom. The van der Waals surface area contributed by atoms with Crippen molar-refractivity contribution in [3.05, 3.63) is 113 Å². The summed E-state index contributed by atoms with van der Waals surface area (Å²) in [6, 6.07) is 8.66. The van der Waals surface area contributed by atoms with Crippen LogP contribution in [0.3, 0.4) is 0 Å². The summed E-state index contributed by atoms with van der Waals surface area (Å²) < 4.78 is 30.2. The van der Waals surface area contributed by atoms with Gasteiger partial charge in [-0.3, -0.25) is 14.3 Å². The smallest absolute Gasteiger partial charge is 0.257 e. The van der Waals surface area contributed by atoms with Crippen LogP contribution in [0.1, 0.15) is 38.8 Å². The van der Waals surface area contributed by atoms with Gasteiger partial charge in [0.2, 0.25) is 0 Å². The highest BCUT2D eigenvalue weighted by Crippen LogP contribution is 2.32. The van der Waals surface area contributed by atoms with Gasteiger partial charge in [0.25, 0.3) is 5.91 Å². The molecule has 9 heteroatoms. The molecule has 0 fully saturated rings. The zero-order valence-corrected chi connectivity index (χ0v) is 20.5. The van der Waals surface area contributed by atoms with Crippen LogP contribution >= 0.6 is 0 Å². The number of Topliss-reactive ketones (excluding diaryl/α,β-unsaturated/α-hetero) is 1. The third kappa shape index (κ3) is 4.55. The van der Waals surface area contributed by atoms with E-state index < -0.39 is 23.6 Å². The van der Waals surface area contributed by atoms with Crippen LogP contribution in [0.15, 0.2) is 79.4 Å². The van der Waals surface area contributed by atoms with Crippen LogP contribution in [0.2, 0.25) is 0 Å². The van der Waals surface area contributed by atoms with Crippen molar-refractivity contribution < 1.29 is 18.4 Å². The van der Waals surface area contributed by atoms with E-state index in [-0.39, 0.29) is 23.1 Å². The molecule has 37 heavy (non-hydrogen) atoms. The Balaban J connectivity index is 1.35. The molecule has 2 aromatic carbocycles. The van der Waals surface area contributed by atoms with Gasteiger partial charge >= 0.3 is 0 Å². The minimum atomic E-state index is -0.865. The number of allylic oxidation sites excluding steroid dienone is 2. The van der Waals surface area contributed by atoms with Crippen molar-refractivity contribution in [1.29, 1.82) is 0 Å². The Labute approximate surface area is 213 Å². The molecule has 5 rings (SSSR count). The van der Waals surface area contributed by atoms with E-state index in [0.717, 1.165) is 16.8 Å². The molecule has 0 saturated carbocycles. The number of hydrogen-bond acceptors (Lipinski definition) is 5. The second kappa shape index (κ2) is 9.50. The number of hydrogen-bond donors (Lipinski definition) is 1. The van der Waals surface area contributed by atoms with Gasteiger partial charge in [0.15, 0.2) is 5.78 Å². The lowest BCUT2D eigenvalue weighted by Gasteiger charge is -2.28. The minimum Gasteiger partial charge on any atom is -0.366 e. The Bertz CT molecular complexity index is 1470. The molecule has 3 heterocycles. The Morgan fingerprint density at radius 1 is 1.11 bits per heavy atom. The lowest BCUT2D eigenvalue weighted by Crippen LogP contribution is -2.40. The van der Waals surface area contributed by atoms with Crippen LogP contribution in [0, 0.1) is 11.6 Å². The summed E-state index contributed by atoms with van der Waals surface area (Å²) in [6.07, 6.45) is 11.4. The van der Waals surface area contributed by atoms with Crippen LogP contribution in [-0.4, -0.2) is 50.5 Å². The van der Waals surface area contributed by atoms with Gasteiger partial charge in [-0.1, -0.05) is 12.1 Å². The fourth-order valence-electron chi connectivity index (χ4n) is 4.37. The average molecular weight is 502 g/mol. The van der Waals surface area contributed by atoms with Crippen molar-refractivity contribution in [3.8, 4) is 0 Å². The number of benzene rings is 2. The normalized spacial score (nSPS) is 17.0. The topological polar surface area (TPSA) is 70.5 Å². The molecule has 7 nitrogen and oxygen atoms in total. The number of nitrogens with zero attached hydrogens (tertiary/aromatic N) is 4. The van der Waals surface area contributed by atoms with Crippen LogP contribution in [0.5, 0.6) is 0 Å². The van der Waals surface area contributed by atoms with E-state index in [1.54, 1.807) is 23.9 Å². The number of ketones is 1. The van der Waals surface area contributed by atoms with Crippen molar-refractivity contribution in [2.24, 2.45) is 7.05 Å². The Hall–Kier alpha value is -4.53. The number of likely N-dealkylation sites (N-methyl/N-ethyl adjacent to an activating group) is 1. The third-order valence-electron chi connectivity index (χ3n) is 6.65. The van der Waals surface area contributed by atoms with Crippen molar-refractivity contribution in [2.45, 2.75) is 19.1 Å². The molecule has 0 saturated heterocycles. The molecule has 1 aromatic heterocycles. The third-order valence-corrected chi connectivity index (χ3v) is 6.65.